The number of amides is 1. The molecule has 4 rings (SSSR count). The number of carbonyl (C=O) groups is 1. The van der Waals surface area contributed by atoms with E-state index in [1.807, 2.05) is 6.07 Å². The van der Waals surface area contributed by atoms with Crippen molar-refractivity contribution in [3.05, 3.63) is 82.7 Å². The van der Waals surface area contributed by atoms with E-state index in [0.717, 1.165) is 38.9 Å². The molecule has 1 amide bonds. The average molecular weight is 434 g/mol. The number of nitrogens with one attached hydrogen (secondary N) is 1. The van der Waals surface area contributed by atoms with Gasteiger partial charge in [-0.25, -0.2) is 17.2 Å². The molecule has 0 spiro atoms. The molecule has 1 atom stereocenters. The molecule has 150 valence electrons. The van der Waals surface area contributed by atoms with Crippen molar-refractivity contribution < 1.29 is 22.0 Å². The van der Waals surface area contributed by atoms with Crippen LogP contribution in [-0.4, -0.2) is 24.7 Å². The van der Waals surface area contributed by atoms with Crippen LogP contribution in [0, 0.1) is 11.6 Å². The molecule has 5 nitrogen and oxygen atoms in total. The standard InChI is InChI=1S/C20H16F2N2O3S2/c21-15-7-3-8-16(22)19(15)23-20(25)17-11-13-5-1-2-6-14(13)12-24(17)29(26,27)18-9-4-10-28-18/h1-10,17H,11-12H2,(H,23,25). The molecule has 1 unspecified atom stereocenters. The monoisotopic (exact) mass is 434 g/mol. The lowest BCUT2D eigenvalue weighted by Gasteiger charge is -2.34. The van der Waals surface area contributed by atoms with Gasteiger partial charge in [-0.2, -0.15) is 4.31 Å². The molecule has 9 heteroatoms. The molecule has 0 aliphatic carbocycles. The highest BCUT2D eigenvalue weighted by Gasteiger charge is 2.40. The predicted molar refractivity (Wildman–Crippen MR) is 106 cm³/mol. The molecule has 0 radical (unpaired) electrons. The summed E-state index contributed by atoms with van der Waals surface area (Å²) in [6, 6.07) is 12.4. The minimum Gasteiger partial charge on any atom is -0.320 e. The number of nitrogens with zero attached hydrogens (tertiary/aromatic N) is 1. The lowest BCUT2D eigenvalue weighted by atomic mass is 9.95. The van der Waals surface area contributed by atoms with Crippen molar-refractivity contribution in [3.63, 3.8) is 0 Å². The third kappa shape index (κ3) is 3.68. The lowest BCUT2D eigenvalue weighted by molar-refractivity contribution is -0.120. The van der Waals surface area contributed by atoms with Gasteiger partial charge in [0, 0.05) is 6.54 Å². The smallest absolute Gasteiger partial charge is 0.253 e. The predicted octanol–water partition coefficient (Wildman–Crippen LogP) is 3.78. The highest BCUT2D eigenvalue weighted by atomic mass is 32.2. The van der Waals surface area contributed by atoms with Gasteiger partial charge in [0.2, 0.25) is 5.91 Å². The van der Waals surface area contributed by atoms with E-state index in [-0.39, 0.29) is 17.2 Å². The summed E-state index contributed by atoms with van der Waals surface area (Å²) in [4.78, 5) is 13.0. The van der Waals surface area contributed by atoms with Gasteiger partial charge in [0.15, 0.2) is 0 Å². The van der Waals surface area contributed by atoms with Crippen LogP contribution in [-0.2, 0) is 27.8 Å². The summed E-state index contributed by atoms with van der Waals surface area (Å²) >= 11 is 1.05. The Balaban J connectivity index is 1.73. The van der Waals surface area contributed by atoms with Gasteiger partial charge in [-0.1, -0.05) is 36.4 Å². The van der Waals surface area contributed by atoms with Crippen molar-refractivity contribution in [2.45, 2.75) is 23.2 Å². The van der Waals surface area contributed by atoms with E-state index in [1.54, 1.807) is 29.6 Å². The first-order valence-corrected chi connectivity index (χ1v) is 11.1. The number of hydrogen-bond donors (Lipinski definition) is 1. The number of carbonyl (C=O) groups excluding carboxylic acids is 1. The van der Waals surface area contributed by atoms with Crippen LogP contribution in [0.3, 0.4) is 0 Å². The average Bonchev–Trinajstić information content (AvgIpc) is 3.25. The topological polar surface area (TPSA) is 66.5 Å². The molecule has 1 N–H and O–H groups in total. The van der Waals surface area contributed by atoms with Gasteiger partial charge in [0.25, 0.3) is 10.0 Å². The van der Waals surface area contributed by atoms with E-state index in [9.17, 15) is 22.0 Å². The maximum atomic E-state index is 14.0. The Labute approximate surface area is 170 Å². The van der Waals surface area contributed by atoms with Gasteiger partial charge in [0.05, 0.1) is 0 Å². The summed E-state index contributed by atoms with van der Waals surface area (Å²) in [6.45, 7) is -0.00571. The lowest BCUT2D eigenvalue weighted by Crippen LogP contribution is -2.50. The van der Waals surface area contributed by atoms with Crippen LogP contribution in [0.1, 0.15) is 11.1 Å². The van der Waals surface area contributed by atoms with E-state index in [1.165, 1.54) is 12.1 Å². The highest BCUT2D eigenvalue weighted by molar-refractivity contribution is 7.91. The molecule has 2 heterocycles. The third-order valence-electron chi connectivity index (χ3n) is 4.78. The van der Waals surface area contributed by atoms with Crippen molar-refractivity contribution in [2.24, 2.45) is 0 Å². The summed E-state index contributed by atoms with van der Waals surface area (Å²) in [7, 11) is -3.96. The highest BCUT2D eigenvalue weighted by Crippen LogP contribution is 2.31. The summed E-state index contributed by atoms with van der Waals surface area (Å²) in [5.74, 6) is -2.65. The largest absolute Gasteiger partial charge is 0.320 e. The minimum absolute atomic E-state index is 0.00571. The zero-order valence-corrected chi connectivity index (χ0v) is 16.6. The van der Waals surface area contributed by atoms with Gasteiger partial charge in [0.1, 0.15) is 27.6 Å². The molecule has 1 aliphatic heterocycles. The maximum Gasteiger partial charge on any atom is 0.253 e. The molecule has 0 bridgehead atoms. The molecule has 0 saturated carbocycles. The Morgan fingerprint density at radius 3 is 2.34 bits per heavy atom. The van der Waals surface area contributed by atoms with E-state index in [2.05, 4.69) is 5.32 Å². The summed E-state index contributed by atoms with van der Waals surface area (Å²) in [5, 5.41) is 3.87. The number of thiophene rings is 1. The third-order valence-corrected chi connectivity index (χ3v) is 8.00. The van der Waals surface area contributed by atoms with E-state index >= 15 is 0 Å². The van der Waals surface area contributed by atoms with Gasteiger partial charge in [-0.05, 0) is 41.1 Å². The number of rotatable bonds is 4. The second kappa shape index (κ2) is 7.66. The molecule has 0 saturated heterocycles. The van der Waals surface area contributed by atoms with Crippen molar-refractivity contribution in [1.29, 1.82) is 0 Å². The normalized spacial score (nSPS) is 17.0. The van der Waals surface area contributed by atoms with Gasteiger partial charge >= 0.3 is 0 Å². The first kappa shape index (κ1) is 19.7. The molecule has 0 fully saturated rings. The van der Waals surface area contributed by atoms with E-state index in [0.29, 0.717) is 0 Å². The number of benzene rings is 2. The number of hydrogen-bond acceptors (Lipinski definition) is 4. The quantitative estimate of drug-likeness (QED) is 0.680. The van der Waals surface area contributed by atoms with Crippen LogP contribution in [0.25, 0.3) is 0 Å². The molecular formula is C20H16F2N2O3S2. The van der Waals surface area contributed by atoms with Gasteiger partial charge < -0.3 is 5.32 Å². The second-order valence-electron chi connectivity index (χ2n) is 6.56. The fraction of sp³-hybridized carbons (Fsp3) is 0.150. The summed E-state index contributed by atoms with van der Waals surface area (Å²) in [6.07, 6.45) is 0.0999. The van der Waals surface area contributed by atoms with Crippen LogP contribution < -0.4 is 5.32 Å². The van der Waals surface area contributed by atoms with Crippen molar-refractivity contribution in [2.75, 3.05) is 5.32 Å². The first-order chi connectivity index (χ1) is 13.9. The Hall–Kier alpha value is -2.62. The number of anilines is 1. The Morgan fingerprint density at radius 1 is 1.00 bits per heavy atom. The molecular weight excluding hydrogens is 418 g/mol. The van der Waals surface area contributed by atoms with Gasteiger partial charge in [-0.3, -0.25) is 4.79 Å². The molecule has 3 aromatic rings. The van der Waals surface area contributed by atoms with Crippen molar-refractivity contribution >= 4 is 33.0 Å². The number of sulfonamides is 1. The second-order valence-corrected chi connectivity index (χ2v) is 9.62. The van der Waals surface area contributed by atoms with Crippen LogP contribution in [0.2, 0.25) is 0 Å². The Kier molecular flexibility index (Phi) is 5.20. The molecule has 1 aromatic heterocycles. The SMILES string of the molecule is O=C(Nc1c(F)cccc1F)C1Cc2ccccc2CN1S(=O)(=O)c1cccs1. The summed E-state index contributed by atoms with van der Waals surface area (Å²) < 4.78 is 55.5. The van der Waals surface area contributed by atoms with Gasteiger partial charge in [-0.15, -0.1) is 11.3 Å². The maximum absolute atomic E-state index is 14.0. The van der Waals surface area contributed by atoms with Crippen LogP contribution in [0.15, 0.2) is 64.2 Å². The van der Waals surface area contributed by atoms with E-state index in [4.69, 9.17) is 0 Å². The van der Waals surface area contributed by atoms with Crippen LogP contribution >= 0.6 is 11.3 Å². The van der Waals surface area contributed by atoms with Crippen LogP contribution in [0.5, 0.6) is 0 Å². The summed E-state index contributed by atoms with van der Waals surface area (Å²) in [5.41, 5.74) is 1.01. The molecule has 29 heavy (non-hydrogen) atoms. The zero-order valence-electron chi connectivity index (χ0n) is 15.0. The van der Waals surface area contributed by atoms with E-state index < -0.39 is 39.3 Å². The molecule has 2 aromatic carbocycles. The Morgan fingerprint density at radius 2 is 1.69 bits per heavy atom. The fourth-order valence-electron chi connectivity index (χ4n) is 3.32. The number of fused-ring (bicyclic) bond motifs is 1. The molecule has 1 aliphatic rings. The minimum atomic E-state index is -3.96. The first-order valence-electron chi connectivity index (χ1n) is 8.75. The van der Waals surface area contributed by atoms with Crippen molar-refractivity contribution in [1.82, 2.24) is 4.31 Å². The zero-order chi connectivity index (χ0) is 20.6. The Bertz CT molecular complexity index is 1140. The van der Waals surface area contributed by atoms with Crippen molar-refractivity contribution in [3.8, 4) is 0 Å². The fourth-order valence-corrected chi connectivity index (χ4v) is 6.01. The number of para-hydroxylation sites is 1. The van der Waals surface area contributed by atoms with Crippen LogP contribution in [0.4, 0.5) is 14.5 Å². The number of halogens is 2.